The van der Waals surface area contributed by atoms with E-state index in [9.17, 15) is 14.4 Å². The molecule has 22 heavy (non-hydrogen) atoms. The second kappa shape index (κ2) is 12.1. The Morgan fingerprint density at radius 2 is 1.82 bits per heavy atom. The van der Waals surface area contributed by atoms with Gasteiger partial charge in [-0.15, -0.1) is 0 Å². The third kappa shape index (κ3) is 9.44. The summed E-state index contributed by atoms with van der Waals surface area (Å²) in [6, 6.07) is -1.65. The van der Waals surface area contributed by atoms with E-state index in [0.29, 0.717) is 6.61 Å². The summed E-state index contributed by atoms with van der Waals surface area (Å²) in [6.07, 6.45) is 1.01. The van der Waals surface area contributed by atoms with Gasteiger partial charge >= 0.3 is 12.1 Å². The number of hydrogen-bond donors (Lipinski definition) is 2. The van der Waals surface area contributed by atoms with E-state index in [0.717, 1.165) is 12.8 Å². The molecule has 2 atom stereocenters. The lowest BCUT2D eigenvalue weighted by Crippen LogP contribution is -2.49. The molecule has 0 aliphatic rings. The molecule has 0 aliphatic carbocycles. The largest absolute Gasteiger partial charge is 0.451 e. The standard InChI is InChI=1S/C14H21IN2O5/c1-4-5-8-22-14(20)17-10(2)12(18)16-11(3)13(19)21-9-6-7-15/h10-11H,4-5,8-9H2,1-3H3,(H,16,18)(H,17,20)/t10-,11+/m1/s1. The lowest BCUT2D eigenvalue weighted by atomic mass is 10.2. The molecule has 2 N–H and O–H groups in total. The molecule has 8 heteroatoms. The van der Waals surface area contributed by atoms with Crippen molar-refractivity contribution in [3.63, 3.8) is 0 Å². The molecule has 0 aromatic rings. The van der Waals surface area contributed by atoms with E-state index in [1.54, 1.807) is 0 Å². The summed E-state index contributed by atoms with van der Waals surface area (Å²) in [5, 5.41) is 4.83. The number of nitrogens with one attached hydrogen (secondary N) is 2. The van der Waals surface area contributed by atoms with Gasteiger partial charge in [0, 0.05) is 22.6 Å². The fraction of sp³-hybridized carbons (Fsp3) is 0.643. The maximum absolute atomic E-state index is 11.8. The minimum atomic E-state index is -0.830. The Labute approximate surface area is 144 Å². The Morgan fingerprint density at radius 3 is 2.41 bits per heavy atom. The van der Waals surface area contributed by atoms with Gasteiger partial charge in [0.2, 0.25) is 5.91 Å². The van der Waals surface area contributed by atoms with Crippen molar-refractivity contribution < 1.29 is 23.9 Å². The topological polar surface area (TPSA) is 93.7 Å². The molecule has 0 saturated carbocycles. The fourth-order valence-corrected chi connectivity index (χ4v) is 1.41. The highest BCUT2D eigenvalue weighted by molar-refractivity contribution is 14.1. The minimum absolute atomic E-state index is 0.0282. The van der Waals surface area contributed by atoms with E-state index < -0.39 is 30.1 Å². The van der Waals surface area contributed by atoms with E-state index in [-0.39, 0.29) is 6.61 Å². The second-order valence-corrected chi connectivity index (χ2v) is 5.00. The minimum Gasteiger partial charge on any atom is -0.451 e. The van der Waals surface area contributed by atoms with Gasteiger partial charge in [0.25, 0.3) is 0 Å². The predicted octanol–water partition coefficient (Wildman–Crippen LogP) is 1.35. The van der Waals surface area contributed by atoms with E-state index >= 15 is 0 Å². The van der Waals surface area contributed by atoms with E-state index in [1.165, 1.54) is 13.8 Å². The summed E-state index contributed by atoms with van der Waals surface area (Å²) in [5.41, 5.74) is 0. The maximum atomic E-state index is 11.8. The number of ether oxygens (including phenoxy) is 2. The molecule has 2 amide bonds. The van der Waals surface area contributed by atoms with Gasteiger partial charge in [0.05, 0.1) is 6.61 Å². The van der Waals surface area contributed by atoms with Crippen molar-refractivity contribution in [1.29, 1.82) is 0 Å². The molecule has 0 aliphatic heterocycles. The first-order valence-electron chi connectivity index (χ1n) is 6.91. The average molecular weight is 424 g/mol. The monoisotopic (exact) mass is 424 g/mol. The number of carbonyl (C=O) groups is 3. The fourth-order valence-electron chi connectivity index (χ4n) is 1.25. The lowest BCUT2D eigenvalue weighted by Gasteiger charge is -2.17. The lowest BCUT2D eigenvalue weighted by molar-refractivity contribution is -0.146. The first kappa shape index (κ1) is 20.5. The Kier molecular flexibility index (Phi) is 11.3. The molecule has 124 valence electrons. The molecule has 0 aromatic heterocycles. The Hall–Kier alpha value is -1.50. The van der Waals surface area contributed by atoms with E-state index in [2.05, 4.69) is 20.5 Å². The van der Waals surface area contributed by atoms with Crippen molar-refractivity contribution >= 4 is 40.6 Å². The van der Waals surface area contributed by atoms with Crippen LogP contribution in [-0.2, 0) is 19.1 Å². The van der Waals surface area contributed by atoms with Gasteiger partial charge in [-0.05, 0) is 24.2 Å². The number of carbonyl (C=O) groups excluding carboxylic acids is 3. The Bertz CT molecular complexity index is 444. The number of amides is 2. The third-order valence-corrected chi connectivity index (χ3v) is 2.91. The smallest absolute Gasteiger partial charge is 0.407 e. The maximum Gasteiger partial charge on any atom is 0.407 e. The Balaban J connectivity index is 4.14. The molecule has 0 spiro atoms. The number of hydrogen-bond acceptors (Lipinski definition) is 5. The summed E-state index contributed by atoms with van der Waals surface area (Å²) in [7, 11) is 0. The van der Waals surface area contributed by atoms with Crippen LogP contribution in [0.2, 0.25) is 0 Å². The average Bonchev–Trinajstić information content (AvgIpc) is 2.47. The summed E-state index contributed by atoms with van der Waals surface area (Å²) in [4.78, 5) is 34.8. The predicted molar refractivity (Wildman–Crippen MR) is 89.2 cm³/mol. The molecule has 0 bridgehead atoms. The van der Waals surface area contributed by atoms with Gasteiger partial charge in [0.15, 0.2) is 6.61 Å². The van der Waals surface area contributed by atoms with Crippen molar-refractivity contribution in [3.05, 3.63) is 0 Å². The summed E-state index contributed by atoms with van der Waals surface area (Å²) >= 11 is 1.83. The van der Waals surface area contributed by atoms with Crippen molar-refractivity contribution in [2.75, 3.05) is 13.2 Å². The number of esters is 1. The summed E-state index contributed by atoms with van der Waals surface area (Å²) < 4.78 is 12.3. The molecule has 0 saturated heterocycles. The highest BCUT2D eigenvalue weighted by Crippen LogP contribution is 1.93. The normalized spacial score (nSPS) is 12.2. The van der Waals surface area contributed by atoms with Crippen molar-refractivity contribution in [2.45, 2.75) is 45.7 Å². The molecule has 7 nitrogen and oxygen atoms in total. The van der Waals surface area contributed by atoms with Crippen LogP contribution in [0.1, 0.15) is 33.6 Å². The molecule has 0 unspecified atom stereocenters. The molecule has 0 heterocycles. The van der Waals surface area contributed by atoms with Crippen LogP contribution in [0.3, 0.4) is 0 Å². The van der Waals surface area contributed by atoms with Crippen LogP contribution in [0.5, 0.6) is 0 Å². The van der Waals surface area contributed by atoms with Crippen molar-refractivity contribution in [1.82, 2.24) is 10.6 Å². The zero-order chi connectivity index (χ0) is 17.0. The third-order valence-electron chi connectivity index (χ3n) is 2.52. The molecular weight excluding hydrogens is 403 g/mol. The van der Waals surface area contributed by atoms with Crippen LogP contribution in [0.25, 0.3) is 0 Å². The zero-order valence-electron chi connectivity index (χ0n) is 12.9. The van der Waals surface area contributed by atoms with Crippen LogP contribution in [0, 0.1) is 9.85 Å². The molecule has 0 fully saturated rings. The van der Waals surface area contributed by atoms with Crippen molar-refractivity contribution in [3.8, 4) is 9.85 Å². The van der Waals surface area contributed by atoms with E-state index in [1.807, 2.05) is 29.5 Å². The Morgan fingerprint density at radius 1 is 1.14 bits per heavy atom. The second-order valence-electron chi connectivity index (χ2n) is 4.46. The van der Waals surface area contributed by atoms with Gasteiger partial charge in [-0.2, -0.15) is 0 Å². The zero-order valence-corrected chi connectivity index (χ0v) is 15.1. The SMILES string of the molecule is CCCCOC(=O)N[C@H](C)C(=O)N[C@@H](C)C(=O)OCC#CI. The van der Waals surface area contributed by atoms with Crippen LogP contribution >= 0.6 is 22.6 Å². The van der Waals surface area contributed by atoms with Gasteiger partial charge in [-0.1, -0.05) is 19.3 Å². The number of unbranched alkanes of at least 4 members (excludes halogenated alkanes) is 1. The van der Waals surface area contributed by atoms with Gasteiger partial charge < -0.3 is 20.1 Å². The van der Waals surface area contributed by atoms with Crippen LogP contribution in [0.4, 0.5) is 4.79 Å². The van der Waals surface area contributed by atoms with Crippen molar-refractivity contribution in [2.24, 2.45) is 0 Å². The first-order chi connectivity index (χ1) is 10.4. The molecule has 0 radical (unpaired) electrons. The first-order valence-corrected chi connectivity index (χ1v) is 7.99. The highest BCUT2D eigenvalue weighted by atomic mass is 127. The van der Waals surface area contributed by atoms with E-state index in [4.69, 9.17) is 9.47 Å². The molecular formula is C14H21IN2O5. The summed E-state index contributed by atoms with van der Waals surface area (Å²) in [5.74, 6) is 1.47. The van der Waals surface area contributed by atoms with Crippen LogP contribution in [0.15, 0.2) is 0 Å². The van der Waals surface area contributed by atoms with Crippen LogP contribution < -0.4 is 10.6 Å². The quantitative estimate of drug-likeness (QED) is 0.266. The number of halogens is 1. The number of alkyl carbamates (subject to hydrolysis) is 1. The van der Waals surface area contributed by atoms with Gasteiger partial charge in [-0.25, -0.2) is 9.59 Å². The summed E-state index contributed by atoms with van der Waals surface area (Å²) in [6.45, 7) is 5.24. The molecule has 0 rings (SSSR count). The van der Waals surface area contributed by atoms with Gasteiger partial charge in [-0.3, -0.25) is 4.79 Å². The number of rotatable bonds is 8. The van der Waals surface area contributed by atoms with Crippen LogP contribution in [-0.4, -0.2) is 43.3 Å². The van der Waals surface area contributed by atoms with Gasteiger partial charge in [0.1, 0.15) is 12.1 Å². The molecule has 0 aromatic carbocycles. The highest BCUT2D eigenvalue weighted by Gasteiger charge is 2.22.